The van der Waals surface area contributed by atoms with Gasteiger partial charge in [-0.3, -0.25) is 0 Å². The topological polar surface area (TPSA) is 46.5 Å². The zero-order chi connectivity index (χ0) is 11.8. The number of aliphatic hydroxyl groups is 1. The molecule has 0 fully saturated rings. The number of rotatable bonds is 8. The number of carbonyl (C=O) groups excluding carboxylic acids is 1. The Morgan fingerprint density at radius 1 is 1.53 bits per heavy atom. The minimum absolute atomic E-state index is 0.161. The van der Waals surface area contributed by atoms with Gasteiger partial charge in [-0.05, 0) is 26.2 Å². The molecule has 1 N–H and O–H groups in total. The molecule has 0 heterocycles. The highest BCUT2D eigenvalue weighted by atomic mass is 16.5. The van der Waals surface area contributed by atoms with Crippen molar-refractivity contribution in [2.75, 3.05) is 7.11 Å². The summed E-state index contributed by atoms with van der Waals surface area (Å²) in [5, 5.41) is 9.04. The lowest BCUT2D eigenvalue weighted by molar-refractivity contribution is -0.115. The molecule has 0 bridgehead atoms. The molecule has 0 amide bonds. The molecule has 0 saturated carbocycles. The molecule has 3 nitrogen and oxygen atoms in total. The van der Waals surface area contributed by atoms with Gasteiger partial charge in [-0.15, -0.1) is 0 Å². The average molecular weight is 214 g/mol. The number of aldehydes is 1. The molecular weight excluding hydrogens is 192 g/mol. The summed E-state index contributed by atoms with van der Waals surface area (Å²) < 4.78 is 5.22. The first-order chi connectivity index (χ1) is 7.02. The summed E-state index contributed by atoms with van der Waals surface area (Å²) in [5.74, 6) is 0.309. The molecule has 2 unspecified atom stereocenters. The van der Waals surface area contributed by atoms with Crippen molar-refractivity contribution in [1.82, 2.24) is 0 Å². The molecule has 0 aliphatic rings. The summed E-state index contributed by atoms with van der Waals surface area (Å²) in [4.78, 5) is 10.2. The Bertz CT molecular complexity index is 201. The number of ether oxygens (including phenoxy) is 1. The van der Waals surface area contributed by atoms with Gasteiger partial charge in [0.1, 0.15) is 12.4 Å². The van der Waals surface area contributed by atoms with Gasteiger partial charge in [0.15, 0.2) is 0 Å². The average Bonchev–Trinajstić information content (AvgIpc) is 2.26. The lowest BCUT2D eigenvalue weighted by atomic mass is 9.93. The van der Waals surface area contributed by atoms with Crippen LogP contribution in [0.1, 0.15) is 33.1 Å². The Labute approximate surface area is 92.1 Å². The fraction of sp³-hybridized carbons (Fsp3) is 0.750. The highest BCUT2D eigenvalue weighted by Crippen LogP contribution is 2.20. The van der Waals surface area contributed by atoms with Gasteiger partial charge in [0, 0.05) is 13.0 Å². The van der Waals surface area contributed by atoms with E-state index in [0.29, 0.717) is 18.6 Å². The predicted molar refractivity (Wildman–Crippen MR) is 60.7 cm³/mol. The number of hydrogen-bond donors (Lipinski definition) is 1. The zero-order valence-corrected chi connectivity index (χ0v) is 9.90. The van der Waals surface area contributed by atoms with Gasteiger partial charge in [0.2, 0.25) is 0 Å². The second kappa shape index (κ2) is 7.60. The van der Waals surface area contributed by atoms with Gasteiger partial charge in [-0.1, -0.05) is 19.1 Å². The van der Waals surface area contributed by atoms with Crippen molar-refractivity contribution >= 4 is 6.29 Å². The largest absolute Gasteiger partial charge is 0.386 e. The van der Waals surface area contributed by atoms with Crippen LogP contribution in [0, 0.1) is 5.92 Å². The molecule has 15 heavy (non-hydrogen) atoms. The first-order valence-corrected chi connectivity index (χ1v) is 5.36. The van der Waals surface area contributed by atoms with Gasteiger partial charge in [0.05, 0.1) is 6.10 Å². The molecule has 0 spiro atoms. The standard InChI is InChI=1S/C12H22O3/c1-9(10(2)11(3)15-4)6-5-7-12(14)8-13/h8,10-12,14H,1,5-7H2,2-4H3/t10?,11?,12-/m0/s1. The van der Waals surface area contributed by atoms with Crippen molar-refractivity contribution in [2.24, 2.45) is 5.92 Å². The van der Waals surface area contributed by atoms with E-state index >= 15 is 0 Å². The van der Waals surface area contributed by atoms with Crippen LogP contribution in [0.25, 0.3) is 0 Å². The maximum atomic E-state index is 10.2. The molecule has 3 atom stereocenters. The van der Waals surface area contributed by atoms with E-state index in [0.717, 1.165) is 18.4 Å². The highest BCUT2D eigenvalue weighted by Gasteiger charge is 2.14. The highest BCUT2D eigenvalue weighted by molar-refractivity contribution is 5.55. The molecule has 0 radical (unpaired) electrons. The Kier molecular flexibility index (Phi) is 7.26. The first kappa shape index (κ1) is 14.3. The van der Waals surface area contributed by atoms with E-state index in [1.807, 2.05) is 6.92 Å². The third kappa shape index (κ3) is 5.70. The van der Waals surface area contributed by atoms with Crippen LogP contribution >= 0.6 is 0 Å². The number of methoxy groups -OCH3 is 1. The molecule has 0 aromatic rings. The summed E-state index contributed by atoms with van der Waals surface area (Å²) in [7, 11) is 1.69. The summed E-state index contributed by atoms with van der Waals surface area (Å²) in [6.07, 6.45) is 2.04. The van der Waals surface area contributed by atoms with Gasteiger partial charge in [-0.25, -0.2) is 0 Å². The van der Waals surface area contributed by atoms with Crippen LogP contribution in [0.15, 0.2) is 12.2 Å². The van der Waals surface area contributed by atoms with E-state index in [1.165, 1.54) is 0 Å². The van der Waals surface area contributed by atoms with Crippen LogP contribution in [0.5, 0.6) is 0 Å². The smallest absolute Gasteiger partial charge is 0.148 e. The summed E-state index contributed by atoms with van der Waals surface area (Å²) in [6.45, 7) is 8.08. The maximum Gasteiger partial charge on any atom is 0.148 e. The first-order valence-electron chi connectivity index (χ1n) is 5.36. The molecule has 0 aromatic heterocycles. The summed E-state index contributed by atoms with van der Waals surface area (Å²) in [6, 6.07) is 0. The van der Waals surface area contributed by atoms with Crippen molar-refractivity contribution in [2.45, 2.75) is 45.3 Å². The number of carbonyl (C=O) groups is 1. The van der Waals surface area contributed by atoms with Crippen molar-refractivity contribution in [1.29, 1.82) is 0 Å². The van der Waals surface area contributed by atoms with Crippen molar-refractivity contribution in [3.63, 3.8) is 0 Å². The van der Waals surface area contributed by atoms with Crippen molar-refractivity contribution < 1.29 is 14.6 Å². The molecule has 0 aromatic carbocycles. The minimum Gasteiger partial charge on any atom is -0.386 e. The Hall–Kier alpha value is -0.670. The van der Waals surface area contributed by atoms with Crippen LogP contribution in [-0.2, 0) is 9.53 Å². The van der Waals surface area contributed by atoms with E-state index in [1.54, 1.807) is 7.11 Å². The number of hydrogen-bond acceptors (Lipinski definition) is 3. The quantitative estimate of drug-likeness (QED) is 0.496. The van der Waals surface area contributed by atoms with Crippen LogP contribution in [0.3, 0.4) is 0 Å². The third-order valence-corrected chi connectivity index (χ3v) is 2.87. The molecule has 3 heteroatoms. The van der Waals surface area contributed by atoms with Crippen LogP contribution in [-0.4, -0.2) is 30.7 Å². The Morgan fingerprint density at radius 2 is 2.13 bits per heavy atom. The van der Waals surface area contributed by atoms with E-state index < -0.39 is 6.10 Å². The van der Waals surface area contributed by atoms with Crippen LogP contribution in [0.4, 0.5) is 0 Å². The van der Waals surface area contributed by atoms with Crippen LogP contribution in [0.2, 0.25) is 0 Å². The van der Waals surface area contributed by atoms with Gasteiger partial charge < -0.3 is 14.6 Å². The molecule has 0 aliphatic heterocycles. The molecule has 0 rings (SSSR count). The normalized spacial score (nSPS) is 16.8. The number of aliphatic hydroxyl groups excluding tert-OH is 1. The lowest BCUT2D eigenvalue weighted by Gasteiger charge is -2.20. The Balaban J connectivity index is 3.78. The minimum atomic E-state index is -0.826. The van der Waals surface area contributed by atoms with Crippen molar-refractivity contribution in [3.05, 3.63) is 12.2 Å². The SMILES string of the molecule is C=C(CCC[C@H](O)C=O)C(C)C(C)OC. The second-order valence-corrected chi connectivity index (χ2v) is 3.98. The summed E-state index contributed by atoms with van der Waals surface area (Å²) in [5.41, 5.74) is 1.11. The maximum absolute atomic E-state index is 10.2. The van der Waals surface area contributed by atoms with Gasteiger partial charge in [-0.2, -0.15) is 0 Å². The van der Waals surface area contributed by atoms with E-state index in [-0.39, 0.29) is 6.10 Å². The molecule has 88 valence electrons. The second-order valence-electron chi connectivity index (χ2n) is 3.98. The monoisotopic (exact) mass is 214 g/mol. The van der Waals surface area contributed by atoms with Gasteiger partial charge >= 0.3 is 0 Å². The van der Waals surface area contributed by atoms with E-state index in [2.05, 4.69) is 13.5 Å². The third-order valence-electron chi connectivity index (χ3n) is 2.87. The summed E-state index contributed by atoms with van der Waals surface area (Å²) >= 11 is 0. The Morgan fingerprint density at radius 3 is 2.60 bits per heavy atom. The lowest BCUT2D eigenvalue weighted by Crippen LogP contribution is -2.18. The molecule has 0 saturated heterocycles. The van der Waals surface area contributed by atoms with E-state index in [9.17, 15) is 4.79 Å². The molecular formula is C12H22O3. The molecule has 0 aliphatic carbocycles. The van der Waals surface area contributed by atoms with Gasteiger partial charge in [0.25, 0.3) is 0 Å². The zero-order valence-electron chi connectivity index (χ0n) is 9.90. The fourth-order valence-corrected chi connectivity index (χ4v) is 1.37. The predicted octanol–water partition coefficient (Wildman–Crippen LogP) is 1.94. The van der Waals surface area contributed by atoms with Crippen LogP contribution < -0.4 is 0 Å². The fourth-order valence-electron chi connectivity index (χ4n) is 1.37. The van der Waals surface area contributed by atoms with E-state index in [4.69, 9.17) is 9.84 Å². The van der Waals surface area contributed by atoms with Crippen molar-refractivity contribution in [3.8, 4) is 0 Å².